The molecule has 0 bridgehead atoms. The van der Waals surface area contributed by atoms with Crippen LogP contribution in [-0.2, 0) is 14.4 Å². The number of rotatable bonds is 4. The van der Waals surface area contributed by atoms with Gasteiger partial charge in [-0.15, -0.1) is 0 Å². The topological polar surface area (TPSA) is 60.9 Å². The van der Waals surface area contributed by atoms with Crippen LogP contribution in [0.5, 0.6) is 0 Å². The number of allylic oxidation sites excluding steroid dienone is 1. The Kier molecular flexibility index (Phi) is 6.32. The molecule has 1 aliphatic rings. The van der Waals surface area contributed by atoms with Crippen molar-refractivity contribution in [3.63, 3.8) is 0 Å². The standard InChI is InChI=1S/C12H9Cl6N3O3/c1-4-7(22)10(13)11(14,15)19(8(23)5-2)21(18)20(9(24)6-3)12(10,16)17/h4-6H,1-3H2. The second kappa shape index (κ2) is 7.03. The number of amides is 2. The summed E-state index contributed by atoms with van der Waals surface area (Å²) in [7, 11) is 0. The molecule has 0 atom stereocenters. The van der Waals surface area contributed by atoms with E-state index in [2.05, 4.69) is 19.7 Å². The Labute approximate surface area is 167 Å². The summed E-state index contributed by atoms with van der Waals surface area (Å²) in [4.78, 5) is 33.9. The van der Waals surface area contributed by atoms with Crippen LogP contribution in [-0.4, -0.2) is 46.0 Å². The Hall–Kier alpha value is -0.470. The molecule has 0 N–H and O–H groups in total. The molecule has 1 heterocycles. The molecule has 6 nitrogen and oxygen atoms in total. The number of hydrogen-bond acceptors (Lipinski definition) is 4. The number of halogens is 6. The van der Waals surface area contributed by atoms with Gasteiger partial charge in [0.1, 0.15) is 0 Å². The lowest BCUT2D eigenvalue weighted by molar-refractivity contribution is -0.201. The van der Waals surface area contributed by atoms with Gasteiger partial charge in [0.05, 0.1) is 0 Å². The molecule has 1 saturated heterocycles. The largest absolute Gasteiger partial charge is 0.292 e. The van der Waals surface area contributed by atoms with E-state index in [9.17, 15) is 14.4 Å². The van der Waals surface area contributed by atoms with Gasteiger partial charge in [-0.1, -0.05) is 77.7 Å². The van der Waals surface area contributed by atoms with Crippen molar-refractivity contribution in [2.75, 3.05) is 0 Å². The SMILES string of the molecule is C=CC(=O)N1N(Cl)N(C(=O)C=C)C(Cl)(Cl)C(Cl)(C(=O)C=C)C1(Cl)Cl. The molecule has 1 aliphatic heterocycles. The maximum Gasteiger partial charge on any atom is 0.265 e. The summed E-state index contributed by atoms with van der Waals surface area (Å²) in [6.07, 6.45) is 2.25. The molecule has 132 valence electrons. The summed E-state index contributed by atoms with van der Waals surface area (Å²) in [5.74, 6) is -3.10. The smallest absolute Gasteiger partial charge is 0.265 e. The number of carbonyl (C=O) groups excluding carboxylic acids is 3. The van der Waals surface area contributed by atoms with Gasteiger partial charge in [-0.25, -0.2) is 10.0 Å². The number of carbonyl (C=O) groups is 3. The number of hydrogen-bond donors (Lipinski definition) is 0. The number of alkyl halides is 5. The third kappa shape index (κ3) is 2.74. The van der Waals surface area contributed by atoms with Crippen LogP contribution in [0.25, 0.3) is 0 Å². The van der Waals surface area contributed by atoms with Crippen LogP contribution in [0.1, 0.15) is 0 Å². The Balaban J connectivity index is 3.85. The van der Waals surface area contributed by atoms with E-state index in [4.69, 9.17) is 69.8 Å². The predicted molar refractivity (Wildman–Crippen MR) is 94.4 cm³/mol. The first-order chi connectivity index (χ1) is 10.9. The summed E-state index contributed by atoms with van der Waals surface area (Å²) in [5.41, 5.74) is 0. The first-order valence-electron chi connectivity index (χ1n) is 5.86. The summed E-state index contributed by atoms with van der Waals surface area (Å²) in [6, 6.07) is 0. The Bertz CT molecular complexity index is 596. The van der Waals surface area contributed by atoms with Crippen molar-refractivity contribution in [2.24, 2.45) is 0 Å². The van der Waals surface area contributed by atoms with Crippen LogP contribution in [0.3, 0.4) is 0 Å². The van der Waals surface area contributed by atoms with Crippen LogP contribution in [0.15, 0.2) is 38.0 Å². The highest BCUT2D eigenvalue weighted by molar-refractivity contribution is 6.65. The van der Waals surface area contributed by atoms with Gasteiger partial charge >= 0.3 is 0 Å². The van der Waals surface area contributed by atoms with Crippen molar-refractivity contribution in [3.8, 4) is 0 Å². The minimum absolute atomic E-state index is 0.297. The van der Waals surface area contributed by atoms with Gasteiger partial charge < -0.3 is 0 Å². The molecular weight excluding hydrogens is 447 g/mol. The van der Waals surface area contributed by atoms with Crippen LogP contribution in [0, 0.1) is 0 Å². The Morgan fingerprint density at radius 3 is 1.33 bits per heavy atom. The fourth-order valence-electron chi connectivity index (χ4n) is 1.82. The van der Waals surface area contributed by atoms with E-state index >= 15 is 0 Å². The lowest BCUT2D eigenvalue weighted by atomic mass is 9.99. The molecule has 0 spiro atoms. The summed E-state index contributed by atoms with van der Waals surface area (Å²) >= 11 is 36.8. The molecule has 0 unspecified atom stereocenters. The number of nitrogens with zero attached hydrogens (tertiary/aromatic N) is 3. The van der Waals surface area contributed by atoms with Crippen molar-refractivity contribution in [1.82, 2.24) is 14.7 Å². The van der Waals surface area contributed by atoms with Gasteiger partial charge in [-0.2, -0.15) is 0 Å². The van der Waals surface area contributed by atoms with Crippen molar-refractivity contribution in [2.45, 2.75) is 13.8 Å². The molecule has 0 saturated carbocycles. The average molecular weight is 456 g/mol. The molecule has 0 aromatic carbocycles. The first kappa shape index (κ1) is 21.6. The quantitative estimate of drug-likeness (QED) is 0.282. The predicted octanol–water partition coefficient (Wildman–Crippen LogP) is 3.31. The van der Waals surface area contributed by atoms with Crippen LogP contribution >= 0.6 is 69.8 Å². The highest BCUT2D eigenvalue weighted by Crippen LogP contribution is 2.59. The van der Waals surface area contributed by atoms with Crippen molar-refractivity contribution < 1.29 is 14.4 Å². The van der Waals surface area contributed by atoms with Gasteiger partial charge in [0.25, 0.3) is 11.8 Å². The van der Waals surface area contributed by atoms with Crippen LogP contribution in [0.2, 0.25) is 0 Å². The van der Waals surface area contributed by atoms with Gasteiger partial charge in [-0.05, 0) is 22.9 Å². The normalized spacial score (nSPS) is 21.8. The van der Waals surface area contributed by atoms with Gasteiger partial charge in [-0.3, -0.25) is 14.4 Å². The first-order valence-corrected chi connectivity index (χ1v) is 8.09. The van der Waals surface area contributed by atoms with Crippen molar-refractivity contribution >= 4 is 87.4 Å². The summed E-state index contributed by atoms with van der Waals surface area (Å²) < 4.78 is -4.96. The third-order valence-electron chi connectivity index (χ3n) is 2.98. The molecule has 1 fully saturated rings. The molecule has 0 aliphatic carbocycles. The molecule has 0 aromatic heterocycles. The second-order valence-electron chi connectivity index (χ2n) is 4.26. The molecule has 1 rings (SSSR count). The van der Waals surface area contributed by atoms with E-state index in [0.717, 1.165) is 18.2 Å². The van der Waals surface area contributed by atoms with E-state index in [1.54, 1.807) is 0 Å². The molecular formula is C12H9Cl6N3O3. The lowest BCUT2D eigenvalue weighted by Crippen LogP contribution is -2.81. The minimum atomic E-state index is -2.67. The monoisotopic (exact) mass is 453 g/mol. The van der Waals surface area contributed by atoms with Crippen LogP contribution in [0.4, 0.5) is 0 Å². The molecule has 12 heteroatoms. The number of ketones is 1. The van der Waals surface area contributed by atoms with Crippen LogP contribution < -0.4 is 0 Å². The van der Waals surface area contributed by atoms with E-state index < -0.39 is 31.4 Å². The summed E-state index contributed by atoms with van der Waals surface area (Å²) in [6.45, 7) is 9.74. The van der Waals surface area contributed by atoms with Gasteiger partial charge in [0.15, 0.2) is 5.78 Å². The molecule has 0 aromatic rings. The highest BCUT2D eigenvalue weighted by Gasteiger charge is 2.76. The second-order valence-corrected chi connectivity index (χ2v) is 7.70. The lowest BCUT2D eigenvalue weighted by Gasteiger charge is -2.58. The Morgan fingerprint density at radius 1 is 0.750 bits per heavy atom. The van der Waals surface area contributed by atoms with Crippen molar-refractivity contribution in [1.29, 1.82) is 0 Å². The minimum Gasteiger partial charge on any atom is -0.292 e. The van der Waals surface area contributed by atoms with E-state index in [-0.39, 0.29) is 0 Å². The van der Waals surface area contributed by atoms with Gasteiger partial charge in [0, 0.05) is 11.8 Å². The maximum atomic E-state index is 12.4. The molecule has 0 radical (unpaired) electrons. The maximum absolute atomic E-state index is 12.4. The zero-order valence-corrected chi connectivity index (χ0v) is 16.2. The average Bonchev–Trinajstić information content (AvgIpc) is 2.50. The Morgan fingerprint density at radius 2 is 1.08 bits per heavy atom. The number of hydrazine groups is 2. The zero-order chi connectivity index (χ0) is 19.1. The van der Waals surface area contributed by atoms with Gasteiger partial charge in [0.2, 0.25) is 13.8 Å². The molecule has 24 heavy (non-hydrogen) atoms. The fraction of sp³-hybridized carbons (Fsp3) is 0.250. The summed E-state index contributed by atoms with van der Waals surface area (Å²) in [5, 5.41) is 0.729. The fourth-order valence-corrected chi connectivity index (χ4v) is 4.32. The van der Waals surface area contributed by atoms with E-state index in [1.807, 2.05) is 0 Å². The third-order valence-corrected chi connectivity index (χ3v) is 6.18. The van der Waals surface area contributed by atoms with E-state index in [1.165, 1.54) is 0 Å². The van der Waals surface area contributed by atoms with Crippen molar-refractivity contribution in [3.05, 3.63) is 38.0 Å². The zero-order valence-electron chi connectivity index (χ0n) is 11.7. The molecule has 2 amide bonds. The highest BCUT2D eigenvalue weighted by atomic mass is 35.5. The van der Waals surface area contributed by atoms with E-state index in [0.29, 0.717) is 14.7 Å².